The summed E-state index contributed by atoms with van der Waals surface area (Å²) in [5, 5.41) is 0. The van der Waals surface area contributed by atoms with E-state index in [1.165, 1.54) is 18.2 Å². The van der Waals surface area contributed by atoms with Crippen molar-refractivity contribution in [2.75, 3.05) is 0 Å². The zero-order chi connectivity index (χ0) is 28.3. The molecule has 0 heterocycles. The zero-order valence-electron chi connectivity index (χ0n) is 20.9. The van der Waals surface area contributed by atoms with Crippen molar-refractivity contribution in [3.8, 4) is 22.3 Å². The maximum absolute atomic E-state index is 15.1. The van der Waals surface area contributed by atoms with E-state index in [0.717, 1.165) is 50.2 Å². The van der Waals surface area contributed by atoms with E-state index < -0.39 is 46.9 Å². The van der Waals surface area contributed by atoms with Crippen molar-refractivity contribution < 1.29 is 35.1 Å². The third-order valence-corrected chi connectivity index (χ3v) is 7.25. The van der Waals surface area contributed by atoms with Crippen molar-refractivity contribution in [3.63, 3.8) is 0 Å². The first-order valence-electron chi connectivity index (χ1n) is 12.6. The van der Waals surface area contributed by atoms with E-state index in [9.17, 15) is 30.7 Å². The highest BCUT2D eigenvalue weighted by molar-refractivity contribution is 5.73. The molecule has 0 aromatic heterocycles. The highest BCUT2D eigenvalue weighted by atomic mass is 19.4. The van der Waals surface area contributed by atoms with Gasteiger partial charge in [0.05, 0.1) is 11.6 Å². The van der Waals surface area contributed by atoms with E-state index in [-0.39, 0.29) is 28.2 Å². The Morgan fingerprint density at radius 2 is 1.33 bits per heavy atom. The van der Waals surface area contributed by atoms with Crippen LogP contribution >= 0.6 is 0 Å². The second-order valence-electron chi connectivity index (χ2n) is 9.87. The molecule has 1 saturated carbocycles. The van der Waals surface area contributed by atoms with Crippen molar-refractivity contribution >= 4 is 5.83 Å². The van der Waals surface area contributed by atoms with Gasteiger partial charge in [-0.2, -0.15) is 13.2 Å². The monoisotopic (exact) mass is 550 g/mol. The Morgan fingerprint density at radius 3 is 1.90 bits per heavy atom. The third kappa shape index (κ3) is 6.78. The van der Waals surface area contributed by atoms with Crippen LogP contribution in [0.5, 0.6) is 0 Å². The number of hydrogen-bond donors (Lipinski definition) is 0. The molecule has 0 bridgehead atoms. The molecule has 3 aromatic rings. The highest BCUT2D eigenvalue weighted by Crippen LogP contribution is 2.39. The number of allylic oxidation sites excluding steroid dienone is 2. The van der Waals surface area contributed by atoms with Gasteiger partial charge in [0.15, 0.2) is 0 Å². The summed E-state index contributed by atoms with van der Waals surface area (Å²) in [5.74, 6) is -5.95. The maximum Gasteiger partial charge on any atom is 0.412 e. The first-order valence-corrected chi connectivity index (χ1v) is 12.6. The van der Waals surface area contributed by atoms with Crippen molar-refractivity contribution in [1.82, 2.24) is 0 Å². The molecule has 0 unspecified atom stereocenters. The average Bonchev–Trinajstić information content (AvgIpc) is 2.86. The molecule has 0 atom stereocenters. The molecule has 39 heavy (non-hydrogen) atoms. The summed E-state index contributed by atoms with van der Waals surface area (Å²) < 4.78 is 110. The van der Waals surface area contributed by atoms with Crippen LogP contribution in [0.4, 0.5) is 35.1 Å². The molecule has 4 rings (SSSR count). The lowest BCUT2D eigenvalue weighted by molar-refractivity contribution is -0.0798. The van der Waals surface area contributed by atoms with Gasteiger partial charge in [-0.05, 0) is 91.3 Å². The smallest absolute Gasteiger partial charge is 0.206 e. The highest BCUT2D eigenvalue weighted by Gasteiger charge is 2.28. The largest absolute Gasteiger partial charge is 0.412 e. The van der Waals surface area contributed by atoms with Gasteiger partial charge in [0.1, 0.15) is 29.1 Å². The molecule has 0 nitrogen and oxygen atoms in total. The minimum absolute atomic E-state index is 0.149. The molecule has 1 aliphatic rings. The van der Waals surface area contributed by atoms with Crippen LogP contribution in [0.1, 0.15) is 55.6 Å². The summed E-state index contributed by atoms with van der Waals surface area (Å²) >= 11 is 0. The van der Waals surface area contributed by atoms with Gasteiger partial charge in [-0.3, -0.25) is 0 Å². The van der Waals surface area contributed by atoms with Crippen LogP contribution < -0.4 is 0 Å². The lowest BCUT2D eigenvalue weighted by atomic mass is 9.77. The molecular weight excluding hydrogens is 524 g/mol. The molecule has 0 radical (unpaired) electrons. The van der Waals surface area contributed by atoms with Crippen LogP contribution in [-0.2, 0) is 0 Å². The summed E-state index contributed by atoms with van der Waals surface area (Å²) in [7, 11) is 0. The Hall–Kier alpha value is -3.42. The summed E-state index contributed by atoms with van der Waals surface area (Å²) in [6, 6.07) is 9.50. The summed E-state index contributed by atoms with van der Waals surface area (Å²) in [5.41, 5.74) is -0.902. The molecule has 0 aliphatic heterocycles. The average molecular weight is 551 g/mol. The van der Waals surface area contributed by atoms with Crippen LogP contribution in [0.3, 0.4) is 0 Å². The summed E-state index contributed by atoms with van der Waals surface area (Å²) in [6.45, 7) is 3.76. The SMILES string of the molecule is C=CCCC1CCC(c2ccc(-c3ccc(-c4cc(F)c(C(F)=CC(F)(F)F)c(F)c4)c(F)c3)c(F)c2)CC1. The number of alkyl halides is 3. The molecule has 0 saturated heterocycles. The molecule has 0 spiro atoms. The lowest BCUT2D eigenvalue weighted by Gasteiger charge is -2.28. The Balaban J connectivity index is 1.55. The minimum atomic E-state index is -5.12. The number of halogens is 8. The van der Waals surface area contributed by atoms with Crippen LogP contribution in [0.15, 0.2) is 67.3 Å². The summed E-state index contributed by atoms with van der Waals surface area (Å²) in [4.78, 5) is 0. The Kier molecular flexibility index (Phi) is 8.62. The van der Waals surface area contributed by atoms with E-state index in [1.807, 2.05) is 12.1 Å². The van der Waals surface area contributed by atoms with E-state index in [2.05, 4.69) is 6.58 Å². The van der Waals surface area contributed by atoms with Gasteiger partial charge in [0.25, 0.3) is 0 Å². The maximum atomic E-state index is 15.1. The van der Waals surface area contributed by atoms with Crippen molar-refractivity contribution in [1.29, 1.82) is 0 Å². The van der Waals surface area contributed by atoms with E-state index in [4.69, 9.17) is 0 Å². The van der Waals surface area contributed by atoms with Crippen molar-refractivity contribution in [3.05, 3.63) is 102 Å². The molecule has 0 amide bonds. The van der Waals surface area contributed by atoms with Gasteiger partial charge in [-0.1, -0.05) is 30.3 Å². The second kappa shape index (κ2) is 11.8. The van der Waals surface area contributed by atoms with Crippen LogP contribution in [0.25, 0.3) is 28.1 Å². The molecule has 0 N–H and O–H groups in total. The topological polar surface area (TPSA) is 0 Å². The Bertz CT molecular complexity index is 1350. The molecular formula is C31H26F8. The van der Waals surface area contributed by atoms with Gasteiger partial charge in [0, 0.05) is 11.1 Å². The Labute approximate surface area is 221 Å². The number of hydrogen-bond acceptors (Lipinski definition) is 0. The van der Waals surface area contributed by atoms with E-state index in [0.29, 0.717) is 18.1 Å². The lowest BCUT2D eigenvalue weighted by Crippen LogP contribution is -2.13. The first kappa shape index (κ1) is 28.6. The fourth-order valence-corrected chi connectivity index (χ4v) is 5.25. The minimum Gasteiger partial charge on any atom is -0.206 e. The standard InChI is InChI=1S/C31H26F8/c1-2-3-4-18-5-7-19(8-6-18)20-9-11-23(25(32)13-20)21-10-12-24(26(33)14-21)22-15-27(34)30(28(35)16-22)29(36)17-31(37,38)39/h2,9-19H,1,3-8H2. The molecule has 1 fully saturated rings. The van der Waals surface area contributed by atoms with Crippen molar-refractivity contribution in [2.45, 2.75) is 50.6 Å². The predicted octanol–water partition coefficient (Wildman–Crippen LogP) is 10.7. The zero-order valence-corrected chi connectivity index (χ0v) is 20.9. The second-order valence-corrected chi connectivity index (χ2v) is 9.87. The van der Waals surface area contributed by atoms with Gasteiger partial charge in [-0.25, -0.2) is 22.0 Å². The molecule has 206 valence electrons. The van der Waals surface area contributed by atoms with E-state index >= 15 is 4.39 Å². The fraction of sp³-hybridized carbons (Fsp3) is 0.290. The molecule has 8 heteroatoms. The van der Waals surface area contributed by atoms with Crippen molar-refractivity contribution in [2.24, 2.45) is 5.92 Å². The number of benzene rings is 3. The molecule has 1 aliphatic carbocycles. The Morgan fingerprint density at radius 1 is 0.769 bits per heavy atom. The third-order valence-electron chi connectivity index (χ3n) is 7.25. The fourth-order valence-electron chi connectivity index (χ4n) is 5.25. The van der Waals surface area contributed by atoms with E-state index in [1.54, 1.807) is 6.07 Å². The van der Waals surface area contributed by atoms with Gasteiger partial charge < -0.3 is 0 Å². The van der Waals surface area contributed by atoms with Gasteiger partial charge in [0.2, 0.25) is 0 Å². The van der Waals surface area contributed by atoms with Crippen LogP contribution in [0.2, 0.25) is 0 Å². The quantitative estimate of drug-likeness (QED) is 0.203. The normalized spacial score (nSPS) is 18.3. The molecule has 3 aromatic carbocycles. The predicted molar refractivity (Wildman–Crippen MR) is 136 cm³/mol. The summed E-state index contributed by atoms with van der Waals surface area (Å²) in [6.07, 6.45) is 2.10. The van der Waals surface area contributed by atoms with Crippen LogP contribution in [-0.4, -0.2) is 6.18 Å². The van der Waals surface area contributed by atoms with Gasteiger partial charge in [-0.15, -0.1) is 6.58 Å². The van der Waals surface area contributed by atoms with Gasteiger partial charge >= 0.3 is 6.18 Å². The van der Waals surface area contributed by atoms with Crippen LogP contribution in [0, 0.1) is 29.2 Å². The first-order chi connectivity index (χ1) is 18.5. The number of rotatable bonds is 7.